The fourth-order valence-corrected chi connectivity index (χ4v) is 2.31. The van der Waals surface area contributed by atoms with Gasteiger partial charge in [-0.1, -0.05) is 0 Å². The monoisotopic (exact) mass is 250 g/mol. The molecule has 1 N–H and O–H groups in total. The van der Waals surface area contributed by atoms with E-state index in [0.717, 1.165) is 25.5 Å². The van der Waals surface area contributed by atoms with Gasteiger partial charge in [0.2, 0.25) is 0 Å². The Morgan fingerprint density at radius 3 is 2.78 bits per heavy atom. The summed E-state index contributed by atoms with van der Waals surface area (Å²) >= 11 is 0. The second-order valence-corrected chi connectivity index (χ2v) is 4.88. The highest BCUT2D eigenvalue weighted by Crippen LogP contribution is 2.36. The molecule has 18 heavy (non-hydrogen) atoms. The van der Waals surface area contributed by atoms with Crippen LogP contribution in [0.5, 0.6) is 11.5 Å². The van der Waals surface area contributed by atoms with Crippen molar-refractivity contribution in [1.29, 1.82) is 0 Å². The number of aliphatic hydroxyl groups is 1. The number of carbonyl (C=O) groups excluding carboxylic acids is 1. The van der Waals surface area contributed by atoms with Crippen LogP contribution in [0.25, 0.3) is 0 Å². The molecule has 1 aliphatic rings. The molecule has 1 saturated carbocycles. The maximum Gasteiger partial charge on any atom is 0.161 e. The number of ether oxygens (including phenoxy) is 2. The van der Waals surface area contributed by atoms with Gasteiger partial charge in [0, 0.05) is 5.56 Å². The largest absolute Gasteiger partial charge is 0.493 e. The predicted molar refractivity (Wildman–Crippen MR) is 67.3 cm³/mol. The van der Waals surface area contributed by atoms with Crippen molar-refractivity contribution in [2.45, 2.75) is 37.9 Å². The molecule has 0 radical (unpaired) electrons. The molecular formula is C14H18O4. The topological polar surface area (TPSA) is 55.8 Å². The van der Waals surface area contributed by atoms with Gasteiger partial charge in [-0.15, -0.1) is 0 Å². The Morgan fingerprint density at radius 1 is 1.44 bits per heavy atom. The van der Waals surface area contributed by atoms with E-state index >= 15 is 0 Å². The fraction of sp³-hybridized carbons (Fsp3) is 0.500. The second kappa shape index (κ2) is 4.98. The SMILES string of the molecule is COc1cc(C=O)ccc1OC1CCCC1(C)O. The minimum Gasteiger partial charge on any atom is -0.493 e. The lowest BCUT2D eigenvalue weighted by Gasteiger charge is -2.27. The number of hydrogen-bond donors (Lipinski definition) is 1. The number of carbonyl (C=O) groups is 1. The molecule has 1 aliphatic carbocycles. The Morgan fingerprint density at radius 2 is 2.22 bits per heavy atom. The lowest BCUT2D eigenvalue weighted by Crippen LogP contribution is -2.38. The Labute approximate surface area is 107 Å². The molecule has 2 atom stereocenters. The summed E-state index contributed by atoms with van der Waals surface area (Å²) in [7, 11) is 1.53. The van der Waals surface area contributed by atoms with Gasteiger partial charge in [-0.05, 0) is 44.4 Å². The van der Waals surface area contributed by atoms with Gasteiger partial charge in [0.1, 0.15) is 12.4 Å². The van der Waals surface area contributed by atoms with Crippen molar-refractivity contribution < 1.29 is 19.4 Å². The van der Waals surface area contributed by atoms with Gasteiger partial charge in [0.15, 0.2) is 11.5 Å². The fourth-order valence-electron chi connectivity index (χ4n) is 2.31. The van der Waals surface area contributed by atoms with E-state index in [9.17, 15) is 9.90 Å². The van der Waals surface area contributed by atoms with Crippen LogP contribution in [-0.4, -0.2) is 30.2 Å². The summed E-state index contributed by atoms with van der Waals surface area (Å²) in [6.45, 7) is 1.79. The molecule has 2 rings (SSSR count). The lowest BCUT2D eigenvalue weighted by atomic mass is 10.0. The van der Waals surface area contributed by atoms with Crippen molar-refractivity contribution in [3.63, 3.8) is 0 Å². The van der Waals surface area contributed by atoms with Crippen molar-refractivity contribution >= 4 is 6.29 Å². The highest BCUT2D eigenvalue weighted by Gasteiger charge is 2.39. The molecule has 1 aromatic carbocycles. The average Bonchev–Trinajstić information content (AvgIpc) is 2.69. The van der Waals surface area contributed by atoms with Crippen molar-refractivity contribution in [3.8, 4) is 11.5 Å². The molecule has 0 aliphatic heterocycles. The van der Waals surface area contributed by atoms with Gasteiger partial charge in [-0.3, -0.25) is 4.79 Å². The summed E-state index contributed by atoms with van der Waals surface area (Å²) in [4.78, 5) is 10.7. The standard InChI is InChI=1S/C14H18O4/c1-14(16)7-3-4-13(14)18-11-6-5-10(9-15)8-12(11)17-2/h5-6,8-9,13,16H,3-4,7H2,1-2H3. The maximum absolute atomic E-state index is 10.7. The number of methoxy groups -OCH3 is 1. The first kappa shape index (κ1) is 12.9. The summed E-state index contributed by atoms with van der Waals surface area (Å²) < 4.78 is 11.0. The van der Waals surface area contributed by atoms with E-state index in [1.807, 2.05) is 0 Å². The van der Waals surface area contributed by atoms with Gasteiger partial charge in [0.05, 0.1) is 12.7 Å². The number of hydrogen-bond acceptors (Lipinski definition) is 4. The molecule has 1 fully saturated rings. The van der Waals surface area contributed by atoms with Crippen molar-refractivity contribution in [2.24, 2.45) is 0 Å². The van der Waals surface area contributed by atoms with Gasteiger partial charge in [-0.25, -0.2) is 0 Å². The van der Waals surface area contributed by atoms with Crippen LogP contribution in [0, 0.1) is 0 Å². The zero-order valence-electron chi connectivity index (χ0n) is 10.7. The van der Waals surface area contributed by atoms with Crippen molar-refractivity contribution in [3.05, 3.63) is 23.8 Å². The molecular weight excluding hydrogens is 232 g/mol. The highest BCUT2D eigenvalue weighted by molar-refractivity contribution is 5.76. The quantitative estimate of drug-likeness (QED) is 0.832. The summed E-state index contributed by atoms with van der Waals surface area (Å²) in [5.74, 6) is 1.08. The molecule has 0 spiro atoms. The maximum atomic E-state index is 10.7. The van der Waals surface area contributed by atoms with E-state index < -0.39 is 5.60 Å². The smallest absolute Gasteiger partial charge is 0.161 e. The normalized spacial score (nSPS) is 26.9. The molecule has 4 heteroatoms. The first-order valence-electron chi connectivity index (χ1n) is 6.09. The van der Waals surface area contributed by atoms with E-state index in [1.165, 1.54) is 7.11 Å². The predicted octanol–water partition coefficient (Wildman–Crippen LogP) is 2.19. The minimum absolute atomic E-state index is 0.228. The average molecular weight is 250 g/mol. The number of rotatable bonds is 4. The van der Waals surface area contributed by atoms with Crippen LogP contribution >= 0.6 is 0 Å². The van der Waals surface area contributed by atoms with Crippen molar-refractivity contribution in [2.75, 3.05) is 7.11 Å². The Hall–Kier alpha value is -1.55. The third-order valence-corrected chi connectivity index (χ3v) is 3.44. The van der Waals surface area contributed by atoms with Crippen LogP contribution in [0.3, 0.4) is 0 Å². The zero-order valence-corrected chi connectivity index (χ0v) is 10.7. The molecule has 0 heterocycles. The summed E-state index contributed by atoms with van der Waals surface area (Å²) in [6, 6.07) is 5.01. The summed E-state index contributed by atoms with van der Waals surface area (Å²) in [5.41, 5.74) is -0.258. The number of benzene rings is 1. The molecule has 2 unspecified atom stereocenters. The third kappa shape index (κ3) is 2.48. The van der Waals surface area contributed by atoms with Crippen LogP contribution in [0.2, 0.25) is 0 Å². The van der Waals surface area contributed by atoms with Gasteiger partial charge in [0.25, 0.3) is 0 Å². The van der Waals surface area contributed by atoms with Gasteiger partial charge < -0.3 is 14.6 Å². The lowest BCUT2D eigenvalue weighted by molar-refractivity contribution is -0.0260. The molecule has 0 bridgehead atoms. The highest BCUT2D eigenvalue weighted by atomic mass is 16.5. The molecule has 0 amide bonds. The van der Waals surface area contributed by atoms with E-state index in [1.54, 1.807) is 25.1 Å². The summed E-state index contributed by atoms with van der Waals surface area (Å²) in [6.07, 6.45) is 3.05. The van der Waals surface area contributed by atoms with Crippen molar-refractivity contribution in [1.82, 2.24) is 0 Å². The van der Waals surface area contributed by atoms with Gasteiger partial charge in [-0.2, -0.15) is 0 Å². The Balaban J connectivity index is 2.21. The zero-order chi connectivity index (χ0) is 13.2. The molecule has 1 aromatic rings. The van der Waals surface area contributed by atoms with E-state index in [-0.39, 0.29) is 6.10 Å². The van der Waals surface area contributed by atoms with Crippen LogP contribution in [0.4, 0.5) is 0 Å². The van der Waals surface area contributed by atoms with E-state index in [0.29, 0.717) is 17.1 Å². The summed E-state index contributed by atoms with van der Waals surface area (Å²) in [5, 5.41) is 10.2. The second-order valence-electron chi connectivity index (χ2n) is 4.88. The van der Waals surface area contributed by atoms with E-state index in [2.05, 4.69) is 0 Å². The molecule has 0 saturated heterocycles. The minimum atomic E-state index is -0.797. The molecule has 98 valence electrons. The third-order valence-electron chi connectivity index (χ3n) is 3.44. The molecule has 4 nitrogen and oxygen atoms in total. The Bertz CT molecular complexity index is 439. The van der Waals surface area contributed by atoms with Crippen LogP contribution in [0.15, 0.2) is 18.2 Å². The number of aldehydes is 1. The molecule has 0 aromatic heterocycles. The van der Waals surface area contributed by atoms with Crippen LogP contribution in [0.1, 0.15) is 36.5 Å². The first-order chi connectivity index (χ1) is 8.56. The Kier molecular flexibility index (Phi) is 3.57. The van der Waals surface area contributed by atoms with Crippen LogP contribution < -0.4 is 9.47 Å². The van der Waals surface area contributed by atoms with Gasteiger partial charge >= 0.3 is 0 Å². The first-order valence-corrected chi connectivity index (χ1v) is 6.09. The van der Waals surface area contributed by atoms with E-state index in [4.69, 9.17) is 9.47 Å². The van der Waals surface area contributed by atoms with Crippen LogP contribution in [-0.2, 0) is 0 Å².